The van der Waals surface area contributed by atoms with Crippen LogP contribution in [0.25, 0.3) is 5.57 Å². The molecule has 0 spiro atoms. The van der Waals surface area contributed by atoms with Crippen LogP contribution in [0, 0.1) is 18.3 Å². The molecule has 4 rings (SSSR count). The van der Waals surface area contributed by atoms with E-state index in [2.05, 4.69) is 88.2 Å². The van der Waals surface area contributed by atoms with E-state index < -0.39 is 0 Å². The first kappa shape index (κ1) is 18.2. The molecule has 1 unspecified atom stereocenters. The van der Waals surface area contributed by atoms with Gasteiger partial charge in [-0.25, -0.2) is 0 Å². The largest absolute Gasteiger partial charge is 0.440 e. The van der Waals surface area contributed by atoms with E-state index in [1.54, 1.807) is 0 Å². The van der Waals surface area contributed by atoms with Crippen molar-refractivity contribution in [2.45, 2.75) is 39.2 Å². The lowest BCUT2D eigenvalue weighted by Gasteiger charge is -2.41. The molecule has 2 aliphatic rings. The third-order valence-electron chi connectivity index (χ3n) is 5.96. The zero-order valence-electron chi connectivity index (χ0n) is 17.0. The lowest BCUT2D eigenvalue weighted by atomic mass is 9.80. The van der Waals surface area contributed by atoms with Gasteiger partial charge in [-0.3, -0.25) is 0 Å². The molecule has 0 bridgehead atoms. The van der Waals surface area contributed by atoms with Crippen LogP contribution in [0.1, 0.15) is 48.9 Å². The first-order valence-electron chi connectivity index (χ1n) is 9.48. The van der Waals surface area contributed by atoms with Crippen LogP contribution in [0.2, 0.25) is 0 Å². The van der Waals surface area contributed by atoms with Crippen LogP contribution in [0.3, 0.4) is 0 Å². The number of ether oxygens (including phenoxy) is 1. The Morgan fingerprint density at radius 2 is 1.82 bits per heavy atom. The van der Waals surface area contributed by atoms with Crippen molar-refractivity contribution in [3.8, 4) is 11.8 Å². The summed E-state index contributed by atoms with van der Waals surface area (Å²) >= 11 is 0. The second-order valence-corrected chi connectivity index (χ2v) is 8.28. The van der Waals surface area contributed by atoms with Gasteiger partial charge in [-0.1, -0.05) is 35.9 Å². The van der Waals surface area contributed by atoms with E-state index in [4.69, 9.17) is 10.5 Å². The molecule has 2 heterocycles. The van der Waals surface area contributed by atoms with Gasteiger partial charge in [-0.15, -0.1) is 0 Å². The summed E-state index contributed by atoms with van der Waals surface area (Å²) < 4.78 is 5.92. The zero-order chi connectivity index (χ0) is 20.2. The molecule has 4 heteroatoms. The Morgan fingerprint density at radius 1 is 1.14 bits per heavy atom. The number of aryl methyl sites for hydroxylation is 1. The second kappa shape index (κ2) is 6.17. The smallest absolute Gasteiger partial charge is 0.205 e. The van der Waals surface area contributed by atoms with Crippen molar-refractivity contribution in [2.24, 2.45) is 5.73 Å². The fourth-order valence-electron chi connectivity index (χ4n) is 4.20. The third kappa shape index (κ3) is 2.66. The Hall–Kier alpha value is -3.19. The van der Waals surface area contributed by atoms with Crippen molar-refractivity contribution < 1.29 is 4.74 Å². The molecule has 0 radical (unpaired) electrons. The summed E-state index contributed by atoms with van der Waals surface area (Å²) in [5, 5.41) is 9.79. The molecule has 0 aromatic heterocycles. The summed E-state index contributed by atoms with van der Waals surface area (Å²) in [5.74, 6) is 0.677. The van der Waals surface area contributed by atoms with Crippen molar-refractivity contribution in [3.05, 3.63) is 76.2 Å². The van der Waals surface area contributed by atoms with E-state index in [1.807, 2.05) is 0 Å². The summed E-state index contributed by atoms with van der Waals surface area (Å²) in [6, 6.07) is 14.8. The molecule has 142 valence electrons. The Labute approximate surface area is 166 Å². The number of allylic oxidation sites excluding steroid dienone is 2. The van der Waals surface area contributed by atoms with E-state index >= 15 is 0 Å². The van der Waals surface area contributed by atoms with Gasteiger partial charge in [-0.2, -0.15) is 5.26 Å². The predicted octanol–water partition coefficient (Wildman–Crippen LogP) is 4.84. The van der Waals surface area contributed by atoms with Crippen LogP contribution in [-0.4, -0.2) is 12.6 Å². The number of fused-ring (bicyclic) bond motifs is 2. The molecule has 0 saturated heterocycles. The highest BCUT2D eigenvalue weighted by Crippen LogP contribution is 2.48. The van der Waals surface area contributed by atoms with Crippen LogP contribution in [0.5, 0.6) is 5.75 Å². The van der Waals surface area contributed by atoms with Gasteiger partial charge in [0.15, 0.2) is 0 Å². The zero-order valence-corrected chi connectivity index (χ0v) is 17.0. The fourth-order valence-corrected chi connectivity index (χ4v) is 4.20. The van der Waals surface area contributed by atoms with E-state index in [0.717, 1.165) is 22.6 Å². The number of likely N-dealkylation sites (N-methyl/N-ethyl adjacent to an activating group) is 1. The lowest BCUT2D eigenvalue weighted by Crippen LogP contribution is -2.42. The maximum Gasteiger partial charge on any atom is 0.205 e. The molecule has 0 saturated carbocycles. The molecule has 0 amide bonds. The molecular formula is C24H25N3O. The van der Waals surface area contributed by atoms with Crippen LogP contribution >= 0.6 is 0 Å². The van der Waals surface area contributed by atoms with Crippen molar-refractivity contribution in [1.82, 2.24) is 0 Å². The summed E-state index contributed by atoms with van der Waals surface area (Å²) in [6.07, 6.45) is 2.28. The van der Waals surface area contributed by atoms with E-state index in [9.17, 15) is 5.26 Å². The van der Waals surface area contributed by atoms with Crippen molar-refractivity contribution in [3.63, 3.8) is 0 Å². The summed E-state index contributed by atoms with van der Waals surface area (Å²) in [5.41, 5.74) is 13.2. The van der Waals surface area contributed by atoms with Gasteiger partial charge in [0.2, 0.25) is 5.88 Å². The van der Waals surface area contributed by atoms with Crippen LogP contribution in [0.15, 0.2) is 53.9 Å². The Balaban J connectivity index is 1.95. The average Bonchev–Trinajstić information content (AvgIpc) is 2.64. The number of nitrogens with zero attached hydrogens (tertiary/aromatic N) is 2. The topological polar surface area (TPSA) is 62.3 Å². The maximum atomic E-state index is 9.79. The minimum Gasteiger partial charge on any atom is -0.440 e. The van der Waals surface area contributed by atoms with E-state index in [0.29, 0.717) is 5.57 Å². The van der Waals surface area contributed by atoms with Gasteiger partial charge in [0.1, 0.15) is 17.4 Å². The third-order valence-corrected chi connectivity index (χ3v) is 5.96. The molecule has 2 N–H and O–H groups in total. The van der Waals surface area contributed by atoms with E-state index in [1.165, 1.54) is 16.7 Å². The highest BCUT2D eigenvalue weighted by atomic mass is 16.5. The number of hydrogen-bond donors (Lipinski definition) is 1. The molecule has 2 aromatic carbocycles. The normalized spacial score (nSPS) is 19.9. The van der Waals surface area contributed by atoms with Crippen molar-refractivity contribution in [2.75, 3.05) is 11.9 Å². The van der Waals surface area contributed by atoms with Gasteiger partial charge in [0.05, 0.1) is 11.5 Å². The highest BCUT2D eigenvalue weighted by molar-refractivity contribution is 5.83. The standard InChI is InChI=1S/C24H25N3O/c1-14-6-8-16(9-7-14)22-18-10-17-15(2)12-24(3,4)27(5)20(17)11-21(18)28-23(26)19(22)13-25/h6-12,22H,26H2,1-5H3. The van der Waals surface area contributed by atoms with Crippen LogP contribution in [0.4, 0.5) is 5.69 Å². The SMILES string of the molecule is CC1=CC(C)(C)N(C)c2cc3c(cc21)C(c1ccc(C)cc1)C(C#N)=C(N)O3. The number of benzene rings is 2. The van der Waals surface area contributed by atoms with E-state index in [-0.39, 0.29) is 17.3 Å². The number of nitrogens with two attached hydrogens (primary N) is 1. The molecular weight excluding hydrogens is 346 g/mol. The highest BCUT2D eigenvalue weighted by Gasteiger charge is 2.35. The molecule has 0 aliphatic carbocycles. The Kier molecular flexibility index (Phi) is 4.01. The monoisotopic (exact) mass is 371 g/mol. The van der Waals surface area contributed by atoms with Gasteiger partial charge in [-0.05, 0) is 44.9 Å². The molecule has 1 atom stereocenters. The maximum absolute atomic E-state index is 9.79. The lowest BCUT2D eigenvalue weighted by molar-refractivity contribution is 0.393. The first-order chi connectivity index (χ1) is 13.2. The molecule has 4 nitrogen and oxygen atoms in total. The fraction of sp³-hybridized carbons (Fsp3) is 0.292. The van der Waals surface area contributed by atoms with Crippen molar-refractivity contribution in [1.29, 1.82) is 5.26 Å². The number of hydrogen-bond acceptors (Lipinski definition) is 4. The number of anilines is 1. The van der Waals surface area contributed by atoms with Gasteiger partial charge in [0.25, 0.3) is 0 Å². The predicted molar refractivity (Wildman–Crippen MR) is 113 cm³/mol. The number of nitriles is 1. The molecule has 28 heavy (non-hydrogen) atoms. The molecule has 2 aliphatic heterocycles. The minimum absolute atomic E-state index is 0.0878. The molecule has 2 aromatic rings. The summed E-state index contributed by atoms with van der Waals surface area (Å²) in [4.78, 5) is 2.25. The quantitative estimate of drug-likeness (QED) is 0.779. The van der Waals surface area contributed by atoms with Gasteiger partial charge >= 0.3 is 0 Å². The van der Waals surface area contributed by atoms with Crippen LogP contribution < -0.4 is 15.4 Å². The molecule has 0 fully saturated rings. The van der Waals surface area contributed by atoms with Crippen LogP contribution in [-0.2, 0) is 0 Å². The number of rotatable bonds is 1. The Bertz CT molecular complexity index is 1070. The first-order valence-corrected chi connectivity index (χ1v) is 9.48. The van der Waals surface area contributed by atoms with Crippen molar-refractivity contribution >= 4 is 11.3 Å². The minimum atomic E-state index is -0.229. The Morgan fingerprint density at radius 3 is 2.46 bits per heavy atom. The van der Waals surface area contributed by atoms with Gasteiger partial charge < -0.3 is 15.4 Å². The summed E-state index contributed by atoms with van der Waals surface area (Å²) in [6.45, 7) is 8.58. The summed E-state index contributed by atoms with van der Waals surface area (Å²) in [7, 11) is 2.09. The second-order valence-electron chi connectivity index (χ2n) is 8.28. The van der Waals surface area contributed by atoms with Gasteiger partial charge in [0, 0.05) is 29.9 Å². The average molecular weight is 371 g/mol.